The second-order valence-electron chi connectivity index (χ2n) is 11.6. The fourth-order valence-corrected chi connectivity index (χ4v) is 7.99. The minimum absolute atomic E-state index is 0.00536. The van der Waals surface area contributed by atoms with Gasteiger partial charge in [0.05, 0.1) is 21.4 Å². The van der Waals surface area contributed by atoms with Gasteiger partial charge in [-0.15, -0.1) is 11.3 Å². The van der Waals surface area contributed by atoms with Crippen molar-refractivity contribution in [3.05, 3.63) is 41.2 Å². The molecule has 0 aliphatic carbocycles. The van der Waals surface area contributed by atoms with Crippen molar-refractivity contribution in [3.8, 4) is 23.2 Å². The van der Waals surface area contributed by atoms with Crippen molar-refractivity contribution < 1.29 is 22.3 Å². The van der Waals surface area contributed by atoms with E-state index in [1.54, 1.807) is 0 Å². The Labute approximate surface area is 249 Å². The van der Waals surface area contributed by atoms with Crippen molar-refractivity contribution in [2.45, 2.75) is 43.4 Å². The molecular formula is C30H29F4N7OS. The fraction of sp³-hybridized carbons (Fsp3) is 0.433. The second kappa shape index (κ2) is 10.5. The van der Waals surface area contributed by atoms with Gasteiger partial charge in [0.2, 0.25) is 0 Å². The van der Waals surface area contributed by atoms with Gasteiger partial charge in [-0.1, -0.05) is 6.07 Å². The van der Waals surface area contributed by atoms with Crippen molar-refractivity contribution in [1.29, 1.82) is 5.26 Å². The second-order valence-corrected chi connectivity index (χ2v) is 12.7. The van der Waals surface area contributed by atoms with Crippen LogP contribution in [0.3, 0.4) is 0 Å². The fourth-order valence-electron chi connectivity index (χ4n) is 7.04. The van der Waals surface area contributed by atoms with Gasteiger partial charge in [-0.2, -0.15) is 15.2 Å². The zero-order valence-corrected chi connectivity index (χ0v) is 24.2. The molecule has 0 radical (unpaired) electrons. The summed E-state index contributed by atoms with van der Waals surface area (Å²) in [5.41, 5.74) is 4.82. The monoisotopic (exact) mass is 611 g/mol. The number of nitrogen functional groups attached to an aromatic ring is 1. The number of hydrogen-bond donors (Lipinski definition) is 2. The number of anilines is 2. The van der Waals surface area contributed by atoms with E-state index in [2.05, 4.69) is 20.2 Å². The Bertz CT molecular complexity index is 1800. The smallest absolute Gasteiger partial charge is 0.319 e. The quantitative estimate of drug-likeness (QED) is 0.289. The van der Waals surface area contributed by atoms with Gasteiger partial charge >= 0.3 is 6.01 Å². The van der Waals surface area contributed by atoms with Crippen molar-refractivity contribution >= 4 is 43.1 Å². The van der Waals surface area contributed by atoms with Crippen LogP contribution in [0.4, 0.5) is 28.4 Å². The zero-order valence-electron chi connectivity index (χ0n) is 23.4. The number of thiophene rings is 1. The Balaban J connectivity index is 1.39. The lowest BCUT2D eigenvalue weighted by Crippen LogP contribution is -2.43. The molecule has 0 saturated carbocycles. The van der Waals surface area contributed by atoms with Crippen LogP contribution in [0.2, 0.25) is 0 Å². The van der Waals surface area contributed by atoms with E-state index in [9.17, 15) is 14.0 Å². The van der Waals surface area contributed by atoms with Gasteiger partial charge in [0.1, 0.15) is 46.8 Å². The number of rotatable bonds is 6. The maximum atomic E-state index is 16.6. The summed E-state index contributed by atoms with van der Waals surface area (Å²) in [7, 11) is 1.81. The predicted molar refractivity (Wildman–Crippen MR) is 158 cm³/mol. The zero-order chi connectivity index (χ0) is 30.0. The van der Waals surface area contributed by atoms with Gasteiger partial charge in [-0.25, -0.2) is 17.6 Å². The third-order valence-corrected chi connectivity index (χ3v) is 10.2. The molecule has 3 aliphatic heterocycles. The number of ether oxygens (including phenoxy) is 1. The molecule has 3 aliphatic rings. The molecule has 3 fully saturated rings. The van der Waals surface area contributed by atoms with Crippen LogP contribution in [0.25, 0.3) is 32.1 Å². The highest BCUT2D eigenvalue weighted by Crippen LogP contribution is 2.45. The van der Waals surface area contributed by atoms with Crippen LogP contribution < -0.4 is 20.7 Å². The van der Waals surface area contributed by atoms with E-state index >= 15 is 8.78 Å². The Hall–Kier alpha value is -3.73. The Kier molecular flexibility index (Phi) is 6.83. The number of nitrogens with two attached hydrogens (primary N) is 1. The third kappa shape index (κ3) is 4.46. The minimum Gasteiger partial charge on any atom is -0.461 e. The maximum absolute atomic E-state index is 16.6. The highest BCUT2D eigenvalue weighted by molar-refractivity contribution is 7.23. The number of fused-ring (bicyclic) bond motifs is 3. The van der Waals surface area contributed by atoms with E-state index in [-0.39, 0.29) is 55.8 Å². The largest absolute Gasteiger partial charge is 0.461 e. The number of nitrogens with one attached hydrogen (secondary N) is 1. The molecule has 13 heteroatoms. The molecule has 3 N–H and O–H groups in total. The highest BCUT2D eigenvalue weighted by Gasteiger charge is 2.49. The highest BCUT2D eigenvalue weighted by atomic mass is 32.1. The van der Waals surface area contributed by atoms with Crippen LogP contribution in [0.5, 0.6) is 6.01 Å². The van der Waals surface area contributed by atoms with E-state index in [1.165, 1.54) is 12.1 Å². The summed E-state index contributed by atoms with van der Waals surface area (Å²) in [4.78, 5) is 13.0. The van der Waals surface area contributed by atoms with E-state index in [1.807, 2.05) is 18.0 Å². The number of aromatic nitrogens is 2. The van der Waals surface area contributed by atoms with Gasteiger partial charge in [0.15, 0.2) is 5.82 Å². The molecule has 2 aromatic carbocycles. The minimum atomic E-state index is -0.992. The Morgan fingerprint density at radius 3 is 2.88 bits per heavy atom. The van der Waals surface area contributed by atoms with Crippen LogP contribution in [0.1, 0.15) is 31.2 Å². The maximum Gasteiger partial charge on any atom is 0.319 e. The molecule has 5 heterocycles. The van der Waals surface area contributed by atoms with Gasteiger partial charge in [0, 0.05) is 43.4 Å². The Morgan fingerprint density at radius 1 is 1.28 bits per heavy atom. The first-order valence-electron chi connectivity index (χ1n) is 14.3. The van der Waals surface area contributed by atoms with Crippen LogP contribution >= 0.6 is 11.3 Å². The van der Waals surface area contributed by atoms with Gasteiger partial charge in [0.25, 0.3) is 0 Å². The average Bonchev–Trinajstić information content (AvgIpc) is 3.76. The molecular weight excluding hydrogens is 582 g/mol. The molecule has 0 spiro atoms. The van der Waals surface area contributed by atoms with Gasteiger partial charge in [-0.05, 0) is 50.0 Å². The van der Waals surface area contributed by atoms with Gasteiger partial charge in [-0.3, -0.25) is 4.90 Å². The summed E-state index contributed by atoms with van der Waals surface area (Å²) in [6.45, 7) is 2.74. The standard InChI is InChI=1S/C30H29F4N7OS/c1-40(16-5-7-37-12-16)28-18-9-21(33)23(17-3-4-20(32)26-22(17)19(11-35)27(36)43-26)24(34)25(18)38-29(39-28)42-14-30-6-2-8-41(30)13-15(31)10-30/h3-4,9,15-16,37H,2,5-8,10,12-14,36H2,1H3/t15-,16+,30+/m1/s1. The molecule has 0 amide bonds. The summed E-state index contributed by atoms with van der Waals surface area (Å²) in [5, 5.41) is 13.3. The van der Waals surface area contributed by atoms with E-state index < -0.39 is 34.7 Å². The normalized spacial score (nSPS) is 23.7. The van der Waals surface area contributed by atoms with Crippen LogP contribution in [0, 0.1) is 28.8 Å². The summed E-state index contributed by atoms with van der Waals surface area (Å²) in [5.74, 6) is -2.25. The lowest BCUT2D eigenvalue weighted by Gasteiger charge is -2.31. The molecule has 2 aromatic heterocycles. The molecule has 43 heavy (non-hydrogen) atoms. The first kappa shape index (κ1) is 28.1. The summed E-state index contributed by atoms with van der Waals surface area (Å²) >= 11 is 0.849. The van der Waals surface area contributed by atoms with Crippen molar-refractivity contribution in [2.24, 2.45) is 0 Å². The van der Waals surface area contributed by atoms with E-state index in [0.29, 0.717) is 25.3 Å². The number of alkyl halides is 1. The number of nitriles is 1. The molecule has 4 aromatic rings. The summed E-state index contributed by atoms with van der Waals surface area (Å²) in [6.07, 6.45) is 1.91. The molecule has 3 saturated heterocycles. The van der Waals surface area contributed by atoms with E-state index in [4.69, 9.17) is 10.5 Å². The van der Waals surface area contributed by atoms with Crippen LogP contribution in [-0.4, -0.2) is 72.5 Å². The average molecular weight is 612 g/mol. The third-order valence-electron chi connectivity index (χ3n) is 9.19. The first-order valence-corrected chi connectivity index (χ1v) is 15.1. The van der Waals surface area contributed by atoms with Crippen molar-refractivity contribution in [3.63, 3.8) is 0 Å². The lowest BCUT2D eigenvalue weighted by atomic mass is 9.95. The van der Waals surface area contributed by atoms with Crippen molar-refractivity contribution in [2.75, 3.05) is 50.5 Å². The van der Waals surface area contributed by atoms with Gasteiger partial charge < -0.3 is 20.7 Å². The van der Waals surface area contributed by atoms with Crippen LogP contribution in [0.15, 0.2) is 18.2 Å². The molecule has 8 nitrogen and oxygen atoms in total. The number of halogens is 4. The van der Waals surface area contributed by atoms with Crippen molar-refractivity contribution in [1.82, 2.24) is 20.2 Å². The molecule has 224 valence electrons. The SMILES string of the molecule is CN(c1nc(OC[C@@]23CCCN2C[C@H](F)C3)nc2c(F)c(-c3ccc(F)c4sc(N)c(C#N)c34)c(F)cc12)[C@H]1CCNC1. The molecule has 0 unspecified atom stereocenters. The number of likely N-dealkylation sites (N-methyl/N-ethyl adjacent to an activating group) is 1. The number of benzene rings is 2. The molecule has 7 rings (SSSR count). The van der Waals surface area contributed by atoms with E-state index in [0.717, 1.165) is 49.8 Å². The van der Waals surface area contributed by atoms with Crippen LogP contribution in [-0.2, 0) is 0 Å². The number of hydrogen-bond acceptors (Lipinski definition) is 9. The first-order chi connectivity index (χ1) is 20.7. The molecule has 0 bridgehead atoms. The predicted octanol–water partition coefficient (Wildman–Crippen LogP) is 5.14. The molecule has 3 atom stereocenters. The number of nitrogens with zero attached hydrogens (tertiary/aromatic N) is 5. The topological polar surface area (TPSA) is 103 Å². The lowest BCUT2D eigenvalue weighted by molar-refractivity contribution is 0.107. The summed E-state index contributed by atoms with van der Waals surface area (Å²) < 4.78 is 67.9. The summed E-state index contributed by atoms with van der Waals surface area (Å²) in [6, 6.07) is 5.39. The Morgan fingerprint density at radius 2 is 2.12 bits per heavy atom.